The first kappa shape index (κ1) is 19.0. The molecule has 0 aromatic heterocycles. The first-order valence-corrected chi connectivity index (χ1v) is 9.17. The number of carbonyl (C=O) groups is 1. The van der Waals surface area contributed by atoms with Crippen molar-refractivity contribution in [2.24, 2.45) is 0 Å². The lowest BCUT2D eigenvalue weighted by atomic mass is 9.84. The number of hydrogen-bond donors (Lipinski definition) is 2. The van der Waals surface area contributed by atoms with Gasteiger partial charge in [-0.1, -0.05) is 82.5 Å². The van der Waals surface area contributed by atoms with Gasteiger partial charge in [0.2, 0.25) is 0 Å². The van der Waals surface area contributed by atoms with E-state index in [2.05, 4.69) is 6.92 Å². The number of rotatable bonds is 8. The summed E-state index contributed by atoms with van der Waals surface area (Å²) in [5, 5.41) is 10.5. The first-order valence-electron chi connectivity index (χ1n) is 9.17. The Kier molecular flexibility index (Phi) is 6.63. The third kappa shape index (κ3) is 4.41. The number of unbranched alkanes of at least 4 members (excludes halogenated alkanes) is 2. The van der Waals surface area contributed by atoms with Crippen LogP contribution in [-0.4, -0.2) is 10.9 Å². The molecule has 2 aromatic rings. The minimum atomic E-state index is -0.318. The van der Waals surface area contributed by atoms with Crippen LogP contribution in [0, 0.1) is 0 Å². The molecule has 0 spiro atoms. The molecule has 0 aliphatic rings. The summed E-state index contributed by atoms with van der Waals surface area (Å²) >= 11 is 0. The van der Waals surface area contributed by atoms with Gasteiger partial charge in [-0.15, -0.1) is 0 Å². The van der Waals surface area contributed by atoms with E-state index in [0.29, 0.717) is 11.3 Å². The van der Waals surface area contributed by atoms with Gasteiger partial charge in [0, 0.05) is 11.5 Å². The van der Waals surface area contributed by atoms with Crippen molar-refractivity contribution in [3.63, 3.8) is 0 Å². The summed E-state index contributed by atoms with van der Waals surface area (Å²) < 4.78 is 0. The van der Waals surface area contributed by atoms with E-state index >= 15 is 0 Å². The molecule has 3 nitrogen and oxygen atoms in total. The molecule has 0 amide bonds. The maximum atomic E-state index is 13.1. The quantitative estimate of drug-likeness (QED) is 0.283. The number of carbonyl (C=O) groups excluding carboxylic acids is 1. The minimum Gasteiger partial charge on any atom is -0.505 e. The summed E-state index contributed by atoms with van der Waals surface area (Å²) in [6.07, 6.45) is 3.88. The SMILES string of the molecule is CCCCCC(C(=O)c1ccccc1)c1ccc(C(C)C)c(O)c1N. The van der Waals surface area contributed by atoms with E-state index in [1.807, 2.05) is 56.3 Å². The van der Waals surface area contributed by atoms with Crippen LogP contribution < -0.4 is 5.73 Å². The van der Waals surface area contributed by atoms with E-state index in [-0.39, 0.29) is 23.4 Å². The zero-order valence-corrected chi connectivity index (χ0v) is 15.5. The summed E-state index contributed by atoms with van der Waals surface area (Å²) in [4.78, 5) is 13.1. The maximum absolute atomic E-state index is 13.1. The number of ketones is 1. The summed E-state index contributed by atoms with van der Waals surface area (Å²) in [7, 11) is 0. The van der Waals surface area contributed by atoms with Crippen LogP contribution in [0.4, 0.5) is 5.69 Å². The molecule has 0 heterocycles. The van der Waals surface area contributed by atoms with Crippen molar-refractivity contribution < 1.29 is 9.90 Å². The van der Waals surface area contributed by atoms with Crippen LogP contribution in [0.2, 0.25) is 0 Å². The highest BCUT2D eigenvalue weighted by atomic mass is 16.3. The standard InChI is InChI=1S/C22H29NO2/c1-4-5-7-12-19(21(24)16-10-8-6-9-11-16)18-14-13-17(15(2)3)22(25)20(18)23/h6,8-11,13-15,19,25H,4-5,7,12,23H2,1-3H3. The third-order valence-electron chi connectivity index (χ3n) is 4.75. The second-order valence-electron chi connectivity index (χ2n) is 6.94. The highest BCUT2D eigenvalue weighted by Gasteiger charge is 2.25. The summed E-state index contributed by atoms with van der Waals surface area (Å²) in [5.41, 5.74) is 8.84. The van der Waals surface area contributed by atoms with E-state index in [1.54, 1.807) is 0 Å². The first-order chi connectivity index (χ1) is 12.0. The van der Waals surface area contributed by atoms with E-state index < -0.39 is 0 Å². The number of nitrogen functional groups attached to an aromatic ring is 1. The predicted molar refractivity (Wildman–Crippen MR) is 104 cm³/mol. The lowest BCUT2D eigenvalue weighted by molar-refractivity contribution is 0.0954. The normalized spacial score (nSPS) is 12.3. The van der Waals surface area contributed by atoms with Crippen LogP contribution in [0.1, 0.15) is 79.8 Å². The van der Waals surface area contributed by atoms with Crippen molar-refractivity contribution in [3.8, 4) is 5.75 Å². The molecule has 0 radical (unpaired) electrons. The third-order valence-corrected chi connectivity index (χ3v) is 4.75. The molecular formula is C22H29NO2. The Labute approximate surface area is 150 Å². The van der Waals surface area contributed by atoms with Gasteiger partial charge in [0.15, 0.2) is 5.78 Å². The Morgan fingerprint density at radius 2 is 1.68 bits per heavy atom. The fraction of sp³-hybridized carbons (Fsp3) is 0.409. The topological polar surface area (TPSA) is 63.3 Å². The Morgan fingerprint density at radius 3 is 2.28 bits per heavy atom. The smallest absolute Gasteiger partial charge is 0.170 e. The van der Waals surface area contributed by atoms with Crippen molar-refractivity contribution in [1.29, 1.82) is 0 Å². The summed E-state index contributed by atoms with van der Waals surface area (Å²) in [6.45, 7) is 6.18. The summed E-state index contributed by atoms with van der Waals surface area (Å²) in [6, 6.07) is 13.2. The van der Waals surface area contributed by atoms with Gasteiger partial charge in [0.05, 0.1) is 5.69 Å². The summed E-state index contributed by atoms with van der Waals surface area (Å²) in [5.74, 6) is 0.0507. The average Bonchev–Trinajstić information content (AvgIpc) is 2.61. The van der Waals surface area contributed by atoms with Crippen molar-refractivity contribution in [2.45, 2.75) is 58.3 Å². The number of nitrogens with two attached hydrogens (primary N) is 1. The molecule has 0 saturated heterocycles. The molecule has 0 bridgehead atoms. The van der Waals surface area contributed by atoms with Gasteiger partial charge in [0.1, 0.15) is 5.75 Å². The molecule has 134 valence electrons. The molecule has 2 aromatic carbocycles. The largest absolute Gasteiger partial charge is 0.505 e. The Balaban J connectivity index is 2.42. The van der Waals surface area contributed by atoms with Crippen LogP contribution in [0.15, 0.2) is 42.5 Å². The van der Waals surface area contributed by atoms with E-state index in [1.165, 1.54) is 0 Å². The van der Waals surface area contributed by atoms with Crippen molar-refractivity contribution >= 4 is 11.5 Å². The number of Topliss-reactive ketones (excluding diaryl/α,β-unsaturated/α-hetero) is 1. The van der Waals surface area contributed by atoms with Crippen molar-refractivity contribution in [2.75, 3.05) is 5.73 Å². The van der Waals surface area contributed by atoms with E-state index in [4.69, 9.17) is 5.73 Å². The Bertz CT molecular complexity index is 707. The van der Waals surface area contributed by atoms with Gasteiger partial charge in [-0.2, -0.15) is 0 Å². The molecule has 3 heteroatoms. The highest BCUT2D eigenvalue weighted by molar-refractivity contribution is 6.01. The van der Waals surface area contributed by atoms with E-state index in [0.717, 1.165) is 36.8 Å². The van der Waals surface area contributed by atoms with Gasteiger partial charge in [-0.3, -0.25) is 4.79 Å². The number of phenolic OH excluding ortho intramolecular Hbond substituents is 1. The van der Waals surface area contributed by atoms with Crippen LogP contribution in [0.3, 0.4) is 0 Å². The molecular weight excluding hydrogens is 310 g/mol. The van der Waals surface area contributed by atoms with Gasteiger partial charge in [0.25, 0.3) is 0 Å². The zero-order chi connectivity index (χ0) is 18.4. The molecule has 2 rings (SSSR count). The molecule has 25 heavy (non-hydrogen) atoms. The number of aromatic hydroxyl groups is 1. The molecule has 0 aliphatic carbocycles. The van der Waals surface area contributed by atoms with Gasteiger partial charge in [-0.05, 0) is 23.5 Å². The molecule has 3 N–H and O–H groups in total. The fourth-order valence-corrected chi connectivity index (χ4v) is 3.24. The van der Waals surface area contributed by atoms with E-state index in [9.17, 15) is 9.90 Å². The lowest BCUT2D eigenvalue weighted by Crippen LogP contribution is -2.15. The fourth-order valence-electron chi connectivity index (χ4n) is 3.24. The number of phenols is 1. The Hall–Kier alpha value is -2.29. The highest BCUT2D eigenvalue weighted by Crippen LogP contribution is 2.39. The molecule has 1 unspecified atom stereocenters. The van der Waals surface area contributed by atoms with Crippen molar-refractivity contribution in [3.05, 3.63) is 59.2 Å². The number of benzene rings is 2. The van der Waals surface area contributed by atoms with Gasteiger partial charge >= 0.3 is 0 Å². The van der Waals surface area contributed by atoms with Crippen LogP contribution >= 0.6 is 0 Å². The van der Waals surface area contributed by atoms with Gasteiger partial charge in [-0.25, -0.2) is 0 Å². The Morgan fingerprint density at radius 1 is 1.04 bits per heavy atom. The zero-order valence-electron chi connectivity index (χ0n) is 15.5. The molecule has 1 atom stereocenters. The average molecular weight is 339 g/mol. The second-order valence-corrected chi connectivity index (χ2v) is 6.94. The second kappa shape index (κ2) is 8.70. The van der Waals surface area contributed by atoms with Crippen LogP contribution in [0.5, 0.6) is 5.75 Å². The lowest BCUT2D eigenvalue weighted by Gasteiger charge is -2.21. The molecule has 0 saturated carbocycles. The van der Waals surface area contributed by atoms with Gasteiger partial charge < -0.3 is 10.8 Å². The maximum Gasteiger partial charge on any atom is 0.170 e. The minimum absolute atomic E-state index is 0.0695. The molecule has 0 fully saturated rings. The number of anilines is 1. The van der Waals surface area contributed by atoms with Crippen LogP contribution in [0.25, 0.3) is 0 Å². The predicted octanol–water partition coefficient (Wildman–Crippen LogP) is 5.64. The van der Waals surface area contributed by atoms with Crippen molar-refractivity contribution in [1.82, 2.24) is 0 Å². The van der Waals surface area contributed by atoms with Crippen LogP contribution in [-0.2, 0) is 0 Å². The number of hydrogen-bond acceptors (Lipinski definition) is 3. The monoisotopic (exact) mass is 339 g/mol. The molecule has 0 aliphatic heterocycles.